The third kappa shape index (κ3) is 3.20. The van der Waals surface area contributed by atoms with E-state index in [0.29, 0.717) is 24.0 Å². The van der Waals surface area contributed by atoms with Crippen LogP contribution in [0.5, 0.6) is 0 Å². The highest BCUT2D eigenvalue weighted by Gasteiger charge is 2.22. The van der Waals surface area contributed by atoms with Crippen molar-refractivity contribution in [1.82, 2.24) is 9.88 Å². The highest BCUT2D eigenvalue weighted by atomic mass is 16.6. The molecule has 1 unspecified atom stereocenters. The summed E-state index contributed by atoms with van der Waals surface area (Å²) < 4.78 is 0. The van der Waals surface area contributed by atoms with Gasteiger partial charge in [-0.3, -0.25) is 10.1 Å². The van der Waals surface area contributed by atoms with E-state index >= 15 is 0 Å². The molecular formula is C13H20N4O2. The van der Waals surface area contributed by atoms with Crippen LogP contribution in [0.3, 0.4) is 0 Å². The van der Waals surface area contributed by atoms with Gasteiger partial charge in [0.05, 0.1) is 4.92 Å². The average Bonchev–Trinajstić information content (AvgIpc) is 2.37. The monoisotopic (exact) mass is 264 g/mol. The number of piperidine rings is 1. The fourth-order valence-electron chi connectivity index (χ4n) is 2.53. The lowest BCUT2D eigenvalue weighted by Gasteiger charge is -2.32. The molecule has 1 aliphatic heterocycles. The molecule has 1 atom stereocenters. The number of aromatic nitrogens is 1. The predicted octanol–water partition coefficient (Wildman–Crippen LogP) is 2.19. The van der Waals surface area contributed by atoms with Crippen molar-refractivity contribution >= 4 is 11.5 Å². The standard InChI is InChI=1S/C13H20N4O2/c1-10-6-7-14-13(12(10)17(18)19)15-9-11-5-3-4-8-16(11)2/h6-7,11H,3-5,8-9H2,1-2H3,(H,14,15). The summed E-state index contributed by atoms with van der Waals surface area (Å²) in [7, 11) is 2.10. The van der Waals surface area contributed by atoms with Gasteiger partial charge in [0.1, 0.15) is 0 Å². The third-order valence-electron chi connectivity index (χ3n) is 3.74. The number of pyridine rings is 1. The molecule has 2 heterocycles. The van der Waals surface area contributed by atoms with Gasteiger partial charge >= 0.3 is 5.69 Å². The van der Waals surface area contributed by atoms with Gasteiger partial charge in [-0.15, -0.1) is 0 Å². The highest BCUT2D eigenvalue weighted by Crippen LogP contribution is 2.26. The molecule has 2 rings (SSSR count). The number of likely N-dealkylation sites (tertiary alicyclic amines) is 1. The molecule has 1 N–H and O–H groups in total. The maximum absolute atomic E-state index is 11.1. The SMILES string of the molecule is Cc1ccnc(NCC2CCCCN2C)c1[N+](=O)[O-]. The van der Waals surface area contributed by atoms with E-state index in [4.69, 9.17) is 0 Å². The van der Waals surface area contributed by atoms with Crippen molar-refractivity contribution in [2.24, 2.45) is 0 Å². The van der Waals surface area contributed by atoms with E-state index in [0.717, 1.165) is 13.0 Å². The first-order valence-electron chi connectivity index (χ1n) is 6.63. The Balaban J connectivity index is 2.07. The molecule has 104 valence electrons. The summed E-state index contributed by atoms with van der Waals surface area (Å²) in [6.07, 6.45) is 5.19. The Labute approximate surface area is 113 Å². The Hall–Kier alpha value is -1.69. The molecule has 0 spiro atoms. The zero-order valence-electron chi connectivity index (χ0n) is 11.4. The number of nitrogens with zero attached hydrogens (tertiary/aromatic N) is 3. The smallest absolute Gasteiger partial charge is 0.314 e. The summed E-state index contributed by atoms with van der Waals surface area (Å²) in [5.41, 5.74) is 0.723. The number of aryl methyl sites for hydroxylation is 1. The Morgan fingerprint density at radius 2 is 2.37 bits per heavy atom. The van der Waals surface area contributed by atoms with Crippen molar-refractivity contribution in [3.8, 4) is 0 Å². The zero-order valence-corrected chi connectivity index (χ0v) is 11.4. The summed E-state index contributed by atoms with van der Waals surface area (Å²) in [6.45, 7) is 3.53. The van der Waals surface area contributed by atoms with E-state index < -0.39 is 0 Å². The molecule has 0 radical (unpaired) electrons. The Bertz CT molecular complexity index is 464. The van der Waals surface area contributed by atoms with E-state index in [2.05, 4.69) is 22.2 Å². The molecule has 1 fully saturated rings. The molecule has 6 heteroatoms. The topological polar surface area (TPSA) is 71.3 Å². The minimum Gasteiger partial charge on any atom is -0.363 e. The summed E-state index contributed by atoms with van der Waals surface area (Å²) in [4.78, 5) is 17.1. The second kappa shape index (κ2) is 5.97. The fraction of sp³-hybridized carbons (Fsp3) is 0.615. The van der Waals surface area contributed by atoms with Crippen molar-refractivity contribution in [3.63, 3.8) is 0 Å². The first-order valence-corrected chi connectivity index (χ1v) is 6.63. The van der Waals surface area contributed by atoms with Crippen molar-refractivity contribution in [1.29, 1.82) is 0 Å². The van der Waals surface area contributed by atoms with Crippen molar-refractivity contribution < 1.29 is 4.92 Å². The lowest BCUT2D eigenvalue weighted by atomic mass is 10.0. The second-order valence-corrected chi connectivity index (χ2v) is 5.09. The molecule has 0 aliphatic carbocycles. The van der Waals surface area contributed by atoms with Crippen LogP contribution in [0.2, 0.25) is 0 Å². The van der Waals surface area contributed by atoms with Crippen LogP contribution in [-0.4, -0.2) is 41.0 Å². The Morgan fingerprint density at radius 3 is 3.05 bits per heavy atom. The first kappa shape index (κ1) is 13.7. The predicted molar refractivity (Wildman–Crippen MR) is 74.4 cm³/mol. The molecule has 19 heavy (non-hydrogen) atoms. The van der Waals surface area contributed by atoms with E-state index in [1.54, 1.807) is 19.2 Å². The lowest BCUT2D eigenvalue weighted by Crippen LogP contribution is -2.40. The summed E-state index contributed by atoms with van der Waals surface area (Å²) in [5.74, 6) is 0.379. The molecule has 0 saturated carbocycles. The number of hydrogen-bond acceptors (Lipinski definition) is 5. The van der Waals surface area contributed by atoms with Gasteiger partial charge in [0.15, 0.2) is 0 Å². The minimum absolute atomic E-state index is 0.0842. The van der Waals surface area contributed by atoms with Crippen LogP contribution < -0.4 is 5.32 Å². The summed E-state index contributed by atoms with van der Waals surface area (Å²) in [6, 6.07) is 2.09. The van der Waals surface area contributed by atoms with Crippen LogP contribution >= 0.6 is 0 Å². The van der Waals surface area contributed by atoms with Gasteiger partial charge < -0.3 is 10.2 Å². The molecule has 0 amide bonds. The first-order chi connectivity index (χ1) is 9.09. The van der Waals surface area contributed by atoms with Gasteiger partial charge in [0, 0.05) is 24.3 Å². The number of anilines is 1. The van der Waals surface area contributed by atoms with Crippen LogP contribution in [0.25, 0.3) is 0 Å². The van der Waals surface area contributed by atoms with E-state index in [9.17, 15) is 10.1 Å². The maximum Gasteiger partial charge on any atom is 0.314 e. The number of nitro groups is 1. The third-order valence-corrected chi connectivity index (χ3v) is 3.74. The lowest BCUT2D eigenvalue weighted by molar-refractivity contribution is -0.384. The summed E-state index contributed by atoms with van der Waals surface area (Å²) >= 11 is 0. The normalized spacial score (nSPS) is 20.2. The molecule has 1 saturated heterocycles. The maximum atomic E-state index is 11.1. The Kier molecular flexibility index (Phi) is 4.31. The van der Waals surface area contributed by atoms with E-state index in [1.165, 1.54) is 12.8 Å². The minimum atomic E-state index is -0.366. The van der Waals surface area contributed by atoms with Gasteiger partial charge in [-0.1, -0.05) is 6.42 Å². The van der Waals surface area contributed by atoms with Crippen molar-refractivity contribution in [2.75, 3.05) is 25.5 Å². The van der Waals surface area contributed by atoms with Crippen molar-refractivity contribution in [2.45, 2.75) is 32.2 Å². The van der Waals surface area contributed by atoms with Crippen LogP contribution in [0.4, 0.5) is 11.5 Å². The highest BCUT2D eigenvalue weighted by molar-refractivity contribution is 5.59. The van der Waals surface area contributed by atoms with Gasteiger partial charge in [0.25, 0.3) is 0 Å². The molecule has 1 aliphatic rings. The molecule has 0 aromatic carbocycles. The van der Waals surface area contributed by atoms with E-state index in [-0.39, 0.29) is 10.6 Å². The molecule has 6 nitrogen and oxygen atoms in total. The molecular weight excluding hydrogens is 244 g/mol. The van der Waals surface area contributed by atoms with Crippen LogP contribution in [0.1, 0.15) is 24.8 Å². The zero-order chi connectivity index (χ0) is 13.8. The number of rotatable bonds is 4. The fourth-order valence-corrected chi connectivity index (χ4v) is 2.53. The second-order valence-electron chi connectivity index (χ2n) is 5.09. The molecule has 0 bridgehead atoms. The van der Waals surface area contributed by atoms with Crippen LogP contribution in [0.15, 0.2) is 12.3 Å². The average molecular weight is 264 g/mol. The molecule has 1 aromatic rings. The largest absolute Gasteiger partial charge is 0.363 e. The van der Waals surface area contributed by atoms with Crippen LogP contribution in [-0.2, 0) is 0 Å². The molecule has 1 aromatic heterocycles. The van der Waals surface area contributed by atoms with E-state index in [1.807, 2.05) is 0 Å². The number of hydrogen-bond donors (Lipinski definition) is 1. The Morgan fingerprint density at radius 1 is 1.58 bits per heavy atom. The quantitative estimate of drug-likeness (QED) is 0.666. The van der Waals surface area contributed by atoms with Gasteiger partial charge in [0.2, 0.25) is 5.82 Å². The summed E-state index contributed by atoms with van der Waals surface area (Å²) in [5, 5.41) is 14.2. The van der Waals surface area contributed by atoms with Gasteiger partial charge in [-0.2, -0.15) is 0 Å². The van der Waals surface area contributed by atoms with Crippen molar-refractivity contribution in [3.05, 3.63) is 27.9 Å². The number of nitrogens with one attached hydrogen (secondary N) is 1. The number of likely N-dealkylation sites (N-methyl/N-ethyl adjacent to an activating group) is 1. The van der Waals surface area contributed by atoms with Crippen LogP contribution in [0, 0.1) is 17.0 Å². The van der Waals surface area contributed by atoms with Gasteiger partial charge in [-0.25, -0.2) is 4.98 Å². The van der Waals surface area contributed by atoms with Gasteiger partial charge in [-0.05, 0) is 39.4 Å².